The van der Waals surface area contributed by atoms with Gasteiger partial charge < -0.3 is 14.7 Å². The number of para-hydroxylation sites is 1. The standard InChI is InChI=1S/C23H26N4O3/c1-25(2)21(29)16-27-19-9-4-3-8-18(19)23(22(27)30)10-13-26(14-11-23)20(28)15-17-7-5-6-12-24-17/h3-9,12H,10-11,13-16H2,1-2H3. The van der Waals surface area contributed by atoms with E-state index in [2.05, 4.69) is 4.98 Å². The monoisotopic (exact) mass is 406 g/mol. The second kappa shape index (κ2) is 7.89. The minimum absolute atomic E-state index is 0.0296. The summed E-state index contributed by atoms with van der Waals surface area (Å²) in [4.78, 5) is 47.7. The van der Waals surface area contributed by atoms with Crippen molar-refractivity contribution in [2.24, 2.45) is 0 Å². The van der Waals surface area contributed by atoms with Gasteiger partial charge in [0.2, 0.25) is 17.7 Å². The number of likely N-dealkylation sites (N-methyl/N-ethyl adjacent to an activating group) is 1. The Kier molecular flexibility index (Phi) is 5.28. The molecule has 1 saturated heterocycles. The van der Waals surface area contributed by atoms with Gasteiger partial charge in [0.1, 0.15) is 6.54 Å². The van der Waals surface area contributed by atoms with E-state index in [4.69, 9.17) is 0 Å². The van der Waals surface area contributed by atoms with Crippen molar-refractivity contribution in [3.05, 3.63) is 59.9 Å². The van der Waals surface area contributed by atoms with Gasteiger partial charge in [0.15, 0.2) is 0 Å². The molecular formula is C23H26N4O3. The molecule has 0 saturated carbocycles. The van der Waals surface area contributed by atoms with Crippen molar-refractivity contribution in [2.75, 3.05) is 38.6 Å². The Morgan fingerprint density at radius 2 is 1.77 bits per heavy atom. The summed E-state index contributed by atoms with van der Waals surface area (Å²) < 4.78 is 0. The van der Waals surface area contributed by atoms with Crippen LogP contribution in [0, 0.1) is 0 Å². The number of hydrogen-bond acceptors (Lipinski definition) is 4. The number of anilines is 1. The van der Waals surface area contributed by atoms with Gasteiger partial charge in [-0.25, -0.2) is 0 Å². The first-order valence-electron chi connectivity index (χ1n) is 10.2. The third-order valence-electron chi connectivity index (χ3n) is 6.19. The minimum Gasteiger partial charge on any atom is -0.347 e. The van der Waals surface area contributed by atoms with Gasteiger partial charge in [-0.3, -0.25) is 19.4 Å². The van der Waals surface area contributed by atoms with Crippen LogP contribution in [-0.2, 0) is 26.2 Å². The van der Waals surface area contributed by atoms with Crippen molar-refractivity contribution in [3.63, 3.8) is 0 Å². The number of hydrogen-bond donors (Lipinski definition) is 0. The molecule has 3 amide bonds. The third kappa shape index (κ3) is 3.44. The maximum absolute atomic E-state index is 13.5. The van der Waals surface area contributed by atoms with Crippen LogP contribution in [0.1, 0.15) is 24.1 Å². The van der Waals surface area contributed by atoms with Crippen molar-refractivity contribution >= 4 is 23.4 Å². The Bertz CT molecular complexity index is 965. The average molecular weight is 406 g/mol. The van der Waals surface area contributed by atoms with Crippen LogP contribution < -0.4 is 4.90 Å². The lowest BCUT2D eigenvalue weighted by Gasteiger charge is -2.38. The van der Waals surface area contributed by atoms with E-state index in [0.29, 0.717) is 25.9 Å². The number of piperidine rings is 1. The zero-order valence-electron chi connectivity index (χ0n) is 17.4. The molecule has 7 nitrogen and oxygen atoms in total. The number of carbonyl (C=O) groups is 3. The summed E-state index contributed by atoms with van der Waals surface area (Å²) in [6.45, 7) is 1.06. The van der Waals surface area contributed by atoms with Crippen molar-refractivity contribution in [3.8, 4) is 0 Å². The van der Waals surface area contributed by atoms with Gasteiger partial charge in [-0.2, -0.15) is 0 Å². The largest absolute Gasteiger partial charge is 0.347 e. The molecule has 1 aromatic heterocycles. The quantitative estimate of drug-likeness (QED) is 0.773. The highest BCUT2D eigenvalue weighted by atomic mass is 16.2. The van der Waals surface area contributed by atoms with Gasteiger partial charge in [0, 0.05) is 44.8 Å². The van der Waals surface area contributed by atoms with Crippen LogP contribution in [0.25, 0.3) is 0 Å². The highest BCUT2D eigenvalue weighted by molar-refractivity contribution is 6.10. The van der Waals surface area contributed by atoms with Crippen molar-refractivity contribution in [1.29, 1.82) is 0 Å². The first-order valence-corrected chi connectivity index (χ1v) is 10.2. The Morgan fingerprint density at radius 1 is 1.07 bits per heavy atom. The summed E-state index contributed by atoms with van der Waals surface area (Å²) in [5.41, 5.74) is 1.87. The van der Waals surface area contributed by atoms with Crippen LogP contribution in [0.4, 0.5) is 5.69 Å². The molecule has 30 heavy (non-hydrogen) atoms. The predicted octanol–water partition coefficient (Wildman–Crippen LogP) is 1.62. The highest BCUT2D eigenvalue weighted by Crippen LogP contribution is 2.47. The number of fused-ring (bicyclic) bond motifs is 2. The zero-order chi connectivity index (χ0) is 21.3. The molecule has 0 unspecified atom stereocenters. The van der Waals surface area contributed by atoms with E-state index >= 15 is 0 Å². The smallest absolute Gasteiger partial charge is 0.242 e. The molecule has 1 aromatic carbocycles. The Balaban J connectivity index is 1.52. The number of carbonyl (C=O) groups excluding carboxylic acids is 3. The summed E-state index contributed by atoms with van der Waals surface area (Å²) in [6, 6.07) is 13.3. The second-order valence-electron chi connectivity index (χ2n) is 8.16. The summed E-state index contributed by atoms with van der Waals surface area (Å²) in [5.74, 6) is -0.115. The van der Waals surface area contributed by atoms with E-state index in [-0.39, 0.29) is 30.7 Å². The van der Waals surface area contributed by atoms with E-state index in [1.54, 1.807) is 25.2 Å². The SMILES string of the molecule is CN(C)C(=O)CN1C(=O)C2(CCN(C(=O)Cc3ccccn3)CC2)c2ccccc21. The molecule has 156 valence electrons. The molecule has 0 N–H and O–H groups in total. The van der Waals surface area contributed by atoms with Gasteiger partial charge >= 0.3 is 0 Å². The maximum atomic E-state index is 13.5. The highest BCUT2D eigenvalue weighted by Gasteiger charge is 2.52. The number of pyridine rings is 1. The van der Waals surface area contributed by atoms with E-state index in [1.165, 1.54) is 4.90 Å². The van der Waals surface area contributed by atoms with Gasteiger partial charge in [-0.05, 0) is 36.6 Å². The third-order valence-corrected chi connectivity index (χ3v) is 6.19. The normalized spacial score (nSPS) is 17.2. The van der Waals surface area contributed by atoms with E-state index in [1.807, 2.05) is 47.4 Å². The van der Waals surface area contributed by atoms with Crippen LogP contribution in [-0.4, -0.2) is 66.2 Å². The number of likely N-dealkylation sites (tertiary alicyclic amines) is 1. The average Bonchev–Trinajstić information content (AvgIpc) is 2.98. The molecule has 1 fully saturated rings. The van der Waals surface area contributed by atoms with Gasteiger partial charge in [-0.1, -0.05) is 24.3 Å². The number of nitrogens with zero attached hydrogens (tertiary/aromatic N) is 4. The molecule has 2 aromatic rings. The van der Waals surface area contributed by atoms with E-state index < -0.39 is 5.41 Å². The van der Waals surface area contributed by atoms with Crippen molar-refractivity contribution in [1.82, 2.24) is 14.8 Å². The number of rotatable bonds is 4. The molecule has 3 heterocycles. The molecule has 0 radical (unpaired) electrons. The van der Waals surface area contributed by atoms with Crippen molar-refractivity contribution < 1.29 is 14.4 Å². The van der Waals surface area contributed by atoms with Crippen molar-refractivity contribution in [2.45, 2.75) is 24.7 Å². The zero-order valence-corrected chi connectivity index (χ0v) is 17.4. The minimum atomic E-state index is -0.662. The van der Waals surface area contributed by atoms with Crippen LogP contribution in [0.15, 0.2) is 48.7 Å². The summed E-state index contributed by atoms with van der Waals surface area (Å²) in [7, 11) is 3.38. The van der Waals surface area contributed by atoms with Crippen LogP contribution in [0.5, 0.6) is 0 Å². The summed E-state index contributed by atoms with van der Waals surface area (Å²) >= 11 is 0. The maximum Gasteiger partial charge on any atom is 0.242 e. The van der Waals surface area contributed by atoms with Gasteiger partial charge in [0.25, 0.3) is 0 Å². The van der Waals surface area contributed by atoms with Gasteiger partial charge in [-0.15, -0.1) is 0 Å². The molecule has 0 aliphatic carbocycles. The molecule has 2 aliphatic rings. The molecule has 0 atom stereocenters. The first-order chi connectivity index (χ1) is 14.4. The summed E-state index contributed by atoms with van der Waals surface area (Å²) in [6.07, 6.45) is 3.07. The van der Waals surface area contributed by atoms with E-state index in [0.717, 1.165) is 16.9 Å². The molecule has 4 rings (SSSR count). The van der Waals surface area contributed by atoms with Crippen LogP contribution in [0.3, 0.4) is 0 Å². The second-order valence-corrected chi connectivity index (χ2v) is 8.16. The Labute approximate surface area is 176 Å². The van der Waals surface area contributed by atoms with Crippen LogP contribution in [0.2, 0.25) is 0 Å². The van der Waals surface area contributed by atoms with Crippen LogP contribution >= 0.6 is 0 Å². The number of benzene rings is 1. The molecule has 7 heteroatoms. The lowest BCUT2D eigenvalue weighted by Crippen LogP contribution is -2.51. The lowest BCUT2D eigenvalue weighted by atomic mass is 9.73. The molecular weight excluding hydrogens is 380 g/mol. The van der Waals surface area contributed by atoms with E-state index in [9.17, 15) is 14.4 Å². The predicted molar refractivity (Wildman–Crippen MR) is 113 cm³/mol. The van der Waals surface area contributed by atoms with Gasteiger partial charge in [0.05, 0.1) is 11.8 Å². The number of aromatic nitrogens is 1. The fraction of sp³-hybridized carbons (Fsp3) is 0.391. The fourth-order valence-corrected chi connectivity index (χ4v) is 4.42. The Hall–Kier alpha value is -3.22. The molecule has 2 aliphatic heterocycles. The molecule has 1 spiro atoms. The topological polar surface area (TPSA) is 73.8 Å². The fourth-order valence-electron chi connectivity index (χ4n) is 4.42. The number of amides is 3. The summed E-state index contributed by atoms with van der Waals surface area (Å²) in [5, 5.41) is 0. The lowest BCUT2D eigenvalue weighted by molar-refractivity contribution is -0.135. The molecule has 0 bridgehead atoms. The first kappa shape index (κ1) is 20.1. The Morgan fingerprint density at radius 3 is 2.43 bits per heavy atom.